The number of hydrogen-bond acceptors (Lipinski definition) is 3. The molecule has 2 bridgehead atoms. The van der Waals surface area contributed by atoms with Crippen molar-refractivity contribution in [1.82, 2.24) is 5.32 Å². The Balaban J connectivity index is 1.57. The first-order valence-electron chi connectivity index (χ1n) is 7.85. The number of carbonyl (C=O) groups excluding carboxylic acids is 1. The van der Waals surface area contributed by atoms with Gasteiger partial charge in [-0.25, -0.2) is 4.79 Å². The normalized spacial score (nSPS) is 29.1. The number of nitriles is 1. The first-order chi connectivity index (χ1) is 10.7. The summed E-state index contributed by atoms with van der Waals surface area (Å²) in [5, 5.41) is 24.1. The minimum absolute atomic E-state index is 0.0848. The van der Waals surface area contributed by atoms with Crippen LogP contribution in [0.5, 0.6) is 0 Å². The molecular formula is C17H21N3O2. The molecule has 0 aliphatic heterocycles. The fraction of sp³-hybridized carbons (Fsp3) is 0.529. The van der Waals surface area contributed by atoms with Gasteiger partial charge in [0.15, 0.2) is 0 Å². The number of nitrogens with one attached hydrogen (secondary N) is 2. The molecule has 1 aromatic rings. The number of hydrogen-bond donors (Lipinski definition) is 3. The van der Waals surface area contributed by atoms with Crippen LogP contribution >= 0.6 is 0 Å². The SMILES string of the molecule is N#CCc1ccc(NC(=O)NC2C3CCC(C3)C2CO)cc1. The third kappa shape index (κ3) is 2.93. The lowest BCUT2D eigenvalue weighted by atomic mass is 9.85. The molecule has 0 radical (unpaired) electrons. The number of fused-ring (bicyclic) bond motifs is 2. The van der Waals surface area contributed by atoms with Gasteiger partial charge in [-0.05, 0) is 48.8 Å². The lowest BCUT2D eigenvalue weighted by Gasteiger charge is -2.30. The van der Waals surface area contributed by atoms with Crippen LogP contribution in [0.2, 0.25) is 0 Å². The Bertz CT molecular complexity index is 579. The van der Waals surface area contributed by atoms with Gasteiger partial charge in [-0.2, -0.15) is 5.26 Å². The van der Waals surface area contributed by atoms with Crippen LogP contribution in [0.25, 0.3) is 0 Å². The van der Waals surface area contributed by atoms with Gasteiger partial charge in [0, 0.05) is 24.3 Å². The Labute approximate surface area is 130 Å². The van der Waals surface area contributed by atoms with Gasteiger partial charge in [0.05, 0.1) is 12.5 Å². The summed E-state index contributed by atoms with van der Waals surface area (Å²) in [5.74, 6) is 1.26. The smallest absolute Gasteiger partial charge is 0.319 e. The first-order valence-corrected chi connectivity index (χ1v) is 7.85. The topological polar surface area (TPSA) is 85.2 Å². The van der Waals surface area contributed by atoms with Crippen molar-refractivity contribution in [3.05, 3.63) is 29.8 Å². The van der Waals surface area contributed by atoms with Crippen molar-refractivity contribution in [3.63, 3.8) is 0 Å². The average Bonchev–Trinajstić information content (AvgIpc) is 3.10. The van der Waals surface area contributed by atoms with Crippen molar-refractivity contribution in [2.24, 2.45) is 17.8 Å². The van der Waals surface area contributed by atoms with E-state index in [1.165, 1.54) is 6.42 Å². The van der Waals surface area contributed by atoms with E-state index in [1.807, 2.05) is 12.1 Å². The van der Waals surface area contributed by atoms with E-state index in [4.69, 9.17) is 5.26 Å². The predicted molar refractivity (Wildman–Crippen MR) is 83.1 cm³/mol. The lowest BCUT2D eigenvalue weighted by molar-refractivity contribution is 0.146. The fourth-order valence-corrected chi connectivity index (χ4v) is 4.01. The molecule has 3 rings (SSSR count). The third-order valence-corrected chi connectivity index (χ3v) is 5.09. The maximum atomic E-state index is 12.2. The molecular weight excluding hydrogens is 278 g/mol. The number of nitrogens with zero attached hydrogens (tertiary/aromatic N) is 1. The number of urea groups is 1. The fourth-order valence-electron chi connectivity index (χ4n) is 4.01. The Morgan fingerprint density at radius 1 is 1.27 bits per heavy atom. The molecule has 22 heavy (non-hydrogen) atoms. The molecule has 5 heteroatoms. The molecule has 2 aliphatic carbocycles. The van der Waals surface area contributed by atoms with Gasteiger partial charge >= 0.3 is 6.03 Å². The van der Waals surface area contributed by atoms with Crippen molar-refractivity contribution >= 4 is 11.7 Å². The zero-order chi connectivity index (χ0) is 15.5. The van der Waals surface area contributed by atoms with Crippen molar-refractivity contribution < 1.29 is 9.90 Å². The molecule has 0 spiro atoms. The van der Waals surface area contributed by atoms with Gasteiger partial charge in [-0.15, -0.1) is 0 Å². The summed E-state index contributed by atoms with van der Waals surface area (Å²) >= 11 is 0. The molecule has 4 unspecified atom stereocenters. The highest BCUT2D eigenvalue weighted by atomic mass is 16.3. The molecule has 2 aliphatic rings. The van der Waals surface area contributed by atoms with Crippen molar-refractivity contribution in [2.75, 3.05) is 11.9 Å². The van der Waals surface area contributed by atoms with Crippen LogP contribution in [0, 0.1) is 29.1 Å². The Morgan fingerprint density at radius 2 is 2.00 bits per heavy atom. The standard InChI is InChI=1S/C17H21N3O2/c18-8-7-11-1-5-14(6-2-11)19-17(22)20-16-13-4-3-12(9-13)15(16)10-21/h1-2,5-6,12-13,15-16,21H,3-4,7,9-10H2,(H2,19,20,22). The molecule has 2 saturated carbocycles. The maximum absolute atomic E-state index is 12.2. The van der Waals surface area contributed by atoms with E-state index in [9.17, 15) is 9.90 Å². The van der Waals surface area contributed by atoms with Crippen molar-refractivity contribution in [2.45, 2.75) is 31.7 Å². The highest BCUT2D eigenvalue weighted by Crippen LogP contribution is 2.48. The highest BCUT2D eigenvalue weighted by Gasteiger charge is 2.47. The second kappa shape index (κ2) is 6.37. The molecule has 4 atom stereocenters. The van der Waals surface area contributed by atoms with E-state index in [0.717, 1.165) is 18.4 Å². The number of aliphatic hydroxyl groups is 1. The minimum Gasteiger partial charge on any atom is -0.396 e. The quantitative estimate of drug-likeness (QED) is 0.797. The molecule has 0 aromatic heterocycles. The van der Waals surface area contributed by atoms with E-state index < -0.39 is 0 Å². The predicted octanol–water partition coefficient (Wildman–Crippen LogP) is 2.28. The van der Waals surface area contributed by atoms with Crippen LogP contribution in [-0.2, 0) is 6.42 Å². The number of amides is 2. The summed E-state index contributed by atoms with van der Waals surface area (Å²) in [4.78, 5) is 12.2. The van der Waals surface area contributed by atoms with Crippen LogP contribution in [-0.4, -0.2) is 23.8 Å². The number of carbonyl (C=O) groups is 1. The average molecular weight is 299 g/mol. The summed E-state index contributed by atoms with van der Waals surface area (Å²) in [5.41, 5.74) is 1.64. The second-order valence-corrected chi connectivity index (χ2v) is 6.34. The Kier molecular flexibility index (Phi) is 4.30. The van der Waals surface area contributed by atoms with Gasteiger partial charge in [0.1, 0.15) is 0 Å². The molecule has 2 amide bonds. The Morgan fingerprint density at radius 3 is 2.68 bits per heavy atom. The van der Waals surface area contributed by atoms with Crippen LogP contribution in [0.4, 0.5) is 10.5 Å². The number of aliphatic hydroxyl groups excluding tert-OH is 1. The monoisotopic (exact) mass is 299 g/mol. The van der Waals surface area contributed by atoms with E-state index in [1.54, 1.807) is 12.1 Å². The van der Waals surface area contributed by atoms with Crippen molar-refractivity contribution in [3.8, 4) is 6.07 Å². The molecule has 0 heterocycles. The van der Waals surface area contributed by atoms with Gasteiger partial charge in [0.2, 0.25) is 0 Å². The Hall–Kier alpha value is -2.06. The van der Waals surface area contributed by atoms with E-state index in [0.29, 0.717) is 23.9 Å². The highest BCUT2D eigenvalue weighted by molar-refractivity contribution is 5.89. The molecule has 3 N–H and O–H groups in total. The minimum atomic E-state index is -0.218. The van der Waals surface area contributed by atoms with Crippen LogP contribution in [0.3, 0.4) is 0 Å². The summed E-state index contributed by atoms with van der Waals surface area (Å²) in [6, 6.07) is 9.25. The first kappa shape index (κ1) is 14.9. The van der Waals surface area contributed by atoms with E-state index >= 15 is 0 Å². The maximum Gasteiger partial charge on any atom is 0.319 e. The summed E-state index contributed by atoms with van der Waals surface area (Å²) in [7, 11) is 0. The van der Waals surface area contributed by atoms with Crippen LogP contribution in [0.15, 0.2) is 24.3 Å². The zero-order valence-corrected chi connectivity index (χ0v) is 12.5. The molecule has 2 fully saturated rings. The van der Waals surface area contributed by atoms with Crippen LogP contribution < -0.4 is 10.6 Å². The number of rotatable bonds is 4. The van der Waals surface area contributed by atoms with E-state index in [-0.39, 0.29) is 24.6 Å². The van der Waals surface area contributed by atoms with Gasteiger partial charge in [-0.1, -0.05) is 12.1 Å². The largest absolute Gasteiger partial charge is 0.396 e. The molecule has 5 nitrogen and oxygen atoms in total. The van der Waals surface area contributed by atoms with Crippen molar-refractivity contribution in [1.29, 1.82) is 5.26 Å². The second-order valence-electron chi connectivity index (χ2n) is 6.34. The molecule has 0 saturated heterocycles. The summed E-state index contributed by atoms with van der Waals surface area (Å²) in [6.45, 7) is 0.148. The lowest BCUT2D eigenvalue weighted by Crippen LogP contribution is -2.46. The van der Waals surface area contributed by atoms with Crippen LogP contribution in [0.1, 0.15) is 24.8 Å². The van der Waals surface area contributed by atoms with Gasteiger partial charge in [0.25, 0.3) is 0 Å². The third-order valence-electron chi connectivity index (χ3n) is 5.09. The van der Waals surface area contributed by atoms with Gasteiger partial charge in [-0.3, -0.25) is 0 Å². The molecule has 116 valence electrons. The van der Waals surface area contributed by atoms with Gasteiger partial charge < -0.3 is 15.7 Å². The van der Waals surface area contributed by atoms with E-state index in [2.05, 4.69) is 16.7 Å². The number of benzene rings is 1. The summed E-state index contributed by atoms with van der Waals surface area (Å²) in [6.07, 6.45) is 3.82. The zero-order valence-electron chi connectivity index (χ0n) is 12.5. The molecule has 1 aromatic carbocycles. The summed E-state index contributed by atoms with van der Waals surface area (Å²) < 4.78 is 0. The number of anilines is 1.